The van der Waals surface area contributed by atoms with Gasteiger partial charge in [0.05, 0.1) is 76.7 Å². The first kappa shape index (κ1) is 56.2. The van der Waals surface area contributed by atoms with Crippen molar-refractivity contribution < 1.29 is 19.1 Å². The Balaban J connectivity index is 0.000000168. The van der Waals surface area contributed by atoms with E-state index < -0.39 is 11.2 Å². The summed E-state index contributed by atoms with van der Waals surface area (Å²) in [5, 5.41) is 5.66. The number of nitrogens with zero attached hydrogens (tertiary/aromatic N) is 8. The van der Waals surface area contributed by atoms with Gasteiger partial charge < -0.3 is 34.7 Å². The van der Waals surface area contributed by atoms with Crippen molar-refractivity contribution in [2.45, 2.75) is 141 Å². The van der Waals surface area contributed by atoms with Crippen molar-refractivity contribution in [2.24, 2.45) is 0 Å². The molecule has 17 heteroatoms. The highest BCUT2D eigenvalue weighted by atomic mass is 16.6. The molecule has 9 heterocycles. The standard InChI is InChI=1S/C39H45N7O4.C30H30N6/c1-38(2,3)49-36(47)45-20-8-11-31(45)34-41-22-29(43-34)25-15-13-24(14-16-25)26-17-18-27(28-10-7-19-40-33(26)28)30-23-42-35(44-30)32-12-9-21-46(32)37(48)50-39(4,5)6;1-2-6-21(5-1)29-33-17-26(35-29)20-11-9-19(10-12-20)22-13-14-23(24-7-3-16-32-28(22)24)27-18-34-30(36-27)25-8-4-15-31-25/h7,10,13-19,22-23,31-32H,8-9,11-12,20-21H2,1-6H3,(H,41,43)(H,42,44);3,7,9-14,16-18,21,25,31H,1-2,4-6,8,15H2,(H,33,35)(H,34,36)/t31-,32-;25-/m00/s1. The second kappa shape index (κ2) is 23.5. The van der Waals surface area contributed by atoms with Crippen LogP contribution < -0.4 is 5.32 Å². The van der Waals surface area contributed by atoms with Crippen LogP contribution >= 0.6 is 0 Å². The van der Waals surface area contributed by atoms with Crippen LogP contribution in [0.25, 0.3) is 89.1 Å². The molecule has 14 rings (SSSR count). The number of rotatable bonds is 10. The molecule has 4 aliphatic rings. The first-order chi connectivity index (χ1) is 41.7. The number of carbonyl (C=O) groups excluding carboxylic acids is 2. The third-order valence-corrected chi connectivity index (χ3v) is 17.0. The SMILES string of the molecule is CC(C)(C)OC(=O)N1CCC[C@H]1c1ncc(-c2ccc(-c3ccc(-c4cnc([C@@H]5CCCN5C(=O)OC(C)(C)C)[nH]4)c4cccnc34)cc2)[nH]1.c1cnc2c(-c3ccc(-c4cnc(C5CCCC5)[nH]4)cc3)ccc(-c3cnc([C@@H]4CCCN4)[nH]3)c2c1. The lowest BCUT2D eigenvalue weighted by atomic mass is 9.96. The van der Waals surface area contributed by atoms with E-state index in [0.29, 0.717) is 25.0 Å². The van der Waals surface area contributed by atoms with Crippen molar-refractivity contribution >= 4 is 34.0 Å². The maximum atomic E-state index is 12.9. The van der Waals surface area contributed by atoms with Gasteiger partial charge in [0.15, 0.2) is 0 Å². The number of amides is 2. The Kier molecular flexibility index (Phi) is 15.3. The summed E-state index contributed by atoms with van der Waals surface area (Å²) in [5.74, 6) is 4.28. The second-order valence-electron chi connectivity index (χ2n) is 25.3. The molecule has 0 unspecified atom stereocenters. The molecule has 0 bridgehead atoms. The monoisotopic (exact) mass is 1150 g/mol. The summed E-state index contributed by atoms with van der Waals surface area (Å²) in [6.07, 6.45) is 21.6. The van der Waals surface area contributed by atoms with Crippen LogP contribution in [0.2, 0.25) is 0 Å². The van der Waals surface area contributed by atoms with Crippen molar-refractivity contribution in [1.82, 2.24) is 65.0 Å². The van der Waals surface area contributed by atoms with Crippen LogP contribution in [0.1, 0.15) is 153 Å². The number of H-pyrrole nitrogens is 4. The number of ether oxygens (including phenoxy) is 2. The number of hydrogen-bond acceptors (Lipinski definition) is 11. The second-order valence-corrected chi connectivity index (χ2v) is 25.3. The summed E-state index contributed by atoms with van der Waals surface area (Å²) in [6, 6.07) is 33.9. The van der Waals surface area contributed by atoms with E-state index in [-0.39, 0.29) is 24.3 Å². The zero-order valence-electron chi connectivity index (χ0n) is 49.9. The highest BCUT2D eigenvalue weighted by molar-refractivity contribution is 6.03. The normalized spacial score (nSPS) is 18.3. The molecule has 4 fully saturated rings. The number of likely N-dealkylation sites (tertiary alicyclic amines) is 2. The molecule has 3 saturated heterocycles. The number of hydrogen-bond donors (Lipinski definition) is 5. The molecular formula is C69H75N13O4. The van der Waals surface area contributed by atoms with Crippen molar-refractivity contribution in [2.75, 3.05) is 19.6 Å². The van der Waals surface area contributed by atoms with Gasteiger partial charge in [-0.25, -0.2) is 29.5 Å². The lowest BCUT2D eigenvalue weighted by molar-refractivity contribution is 0.0208. The van der Waals surface area contributed by atoms with Crippen molar-refractivity contribution in [3.05, 3.63) is 158 Å². The van der Waals surface area contributed by atoms with Crippen LogP contribution in [-0.2, 0) is 9.47 Å². The molecule has 1 saturated carbocycles. The molecular weight excluding hydrogens is 1070 g/mol. The lowest BCUT2D eigenvalue weighted by Crippen LogP contribution is -2.36. The number of benzene rings is 4. The van der Waals surface area contributed by atoms with Gasteiger partial charge in [-0.2, -0.15) is 0 Å². The summed E-state index contributed by atoms with van der Waals surface area (Å²) in [7, 11) is 0. The first-order valence-electron chi connectivity index (χ1n) is 30.6. The molecule has 17 nitrogen and oxygen atoms in total. The van der Waals surface area contributed by atoms with Crippen LogP contribution in [0.5, 0.6) is 0 Å². The molecule has 3 atom stereocenters. The summed E-state index contributed by atoms with van der Waals surface area (Å²) in [6.45, 7) is 13.6. The van der Waals surface area contributed by atoms with Gasteiger partial charge in [-0.15, -0.1) is 0 Å². The third-order valence-electron chi connectivity index (χ3n) is 17.0. The first-order valence-corrected chi connectivity index (χ1v) is 30.6. The minimum absolute atomic E-state index is 0.137. The molecule has 0 spiro atoms. The van der Waals surface area contributed by atoms with E-state index >= 15 is 0 Å². The zero-order chi connectivity index (χ0) is 59.1. The Hall–Kier alpha value is -8.96. The number of nitrogens with one attached hydrogen (secondary N) is 5. The third kappa shape index (κ3) is 11.8. The number of carbonyl (C=O) groups is 2. The summed E-state index contributed by atoms with van der Waals surface area (Å²) in [5.41, 5.74) is 13.3. The molecule has 5 N–H and O–H groups in total. The summed E-state index contributed by atoms with van der Waals surface area (Å²) < 4.78 is 11.3. The van der Waals surface area contributed by atoms with Crippen LogP contribution in [0.3, 0.4) is 0 Å². The van der Waals surface area contributed by atoms with Gasteiger partial charge in [-0.05, 0) is 134 Å². The number of fused-ring (bicyclic) bond motifs is 2. The molecule has 0 radical (unpaired) electrons. The van der Waals surface area contributed by atoms with Crippen LogP contribution in [-0.4, -0.2) is 103 Å². The van der Waals surface area contributed by atoms with E-state index in [4.69, 9.17) is 24.4 Å². The van der Waals surface area contributed by atoms with Gasteiger partial charge in [0, 0.05) is 64.4 Å². The van der Waals surface area contributed by atoms with Gasteiger partial charge in [0.25, 0.3) is 0 Å². The highest BCUT2D eigenvalue weighted by Gasteiger charge is 2.37. The number of aromatic nitrogens is 10. The van der Waals surface area contributed by atoms with Crippen LogP contribution in [0.15, 0.2) is 134 Å². The minimum Gasteiger partial charge on any atom is -0.444 e. The Bertz CT molecular complexity index is 4040. The van der Waals surface area contributed by atoms with Gasteiger partial charge in [0.1, 0.15) is 34.5 Å². The molecule has 6 aromatic heterocycles. The number of imidazole rings is 4. The Morgan fingerprint density at radius 1 is 0.442 bits per heavy atom. The fourth-order valence-electron chi connectivity index (χ4n) is 12.9. The highest BCUT2D eigenvalue weighted by Crippen LogP contribution is 2.40. The molecule has 440 valence electrons. The van der Waals surface area contributed by atoms with Gasteiger partial charge in [0.2, 0.25) is 0 Å². The zero-order valence-corrected chi connectivity index (χ0v) is 49.9. The molecule has 86 heavy (non-hydrogen) atoms. The smallest absolute Gasteiger partial charge is 0.410 e. The fourth-order valence-corrected chi connectivity index (χ4v) is 12.9. The van der Waals surface area contributed by atoms with Crippen molar-refractivity contribution in [3.63, 3.8) is 0 Å². The molecule has 10 aromatic rings. The molecule has 2 amide bonds. The Labute approximate surface area is 501 Å². The van der Waals surface area contributed by atoms with E-state index in [0.717, 1.165) is 151 Å². The average Bonchev–Trinajstić information content (AvgIpc) is 2.54. The summed E-state index contributed by atoms with van der Waals surface area (Å²) >= 11 is 0. The molecule has 3 aliphatic heterocycles. The van der Waals surface area contributed by atoms with Crippen molar-refractivity contribution in [3.8, 4) is 67.3 Å². The average molecular weight is 1150 g/mol. The quantitative estimate of drug-likeness (QED) is 0.0869. The fraction of sp³-hybridized carbons (Fsp3) is 0.362. The Morgan fingerprint density at radius 2 is 0.860 bits per heavy atom. The van der Waals surface area contributed by atoms with Gasteiger partial charge in [-0.3, -0.25) is 19.8 Å². The van der Waals surface area contributed by atoms with E-state index in [2.05, 4.69) is 125 Å². The maximum absolute atomic E-state index is 12.9. The minimum atomic E-state index is -0.558. The van der Waals surface area contributed by atoms with E-state index in [1.165, 1.54) is 32.1 Å². The largest absolute Gasteiger partial charge is 0.444 e. The predicted molar refractivity (Wildman–Crippen MR) is 336 cm³/mol. The maximum Gasteiger partial charge on any atom is 0.410 e. The van der Waals surface area contributed by atoms with E-state index in [9.17, 15) is 9.59 Å². The Morgan fingerprint density at radius 3 is 1.34 bits per heavy atom. The number of aromatic amines is 4. The van der Waals surface area contributed by atoms with Crippen LogP contribution in [0, 0.1) is 0 Å². The summed E-state index contributed by atoms with van der Waals surface area (Å²) in [4.78, 5) is 71.8. The van der Waals surface area contributed by atoms with Crippen molar-refractivity contribution in [1.29, 1.82) is 0 Å². The molecule has 4 aromatic carbocycles. The topological polar surface area (TPSA) is 212 Å². The molecule has 1 aliphatic carbocycles. The van der Waals surface area contributed by atoms with Crippen LogP contribution in [0.4, 0.5) is 9.59 Å². The van der Waals surface area contributed by atoms with E-state index in [1.54, 1.807) is 9.80 Å². The number of pyridine rings is 2. The van der Waals surface area contributed by atoms with Gasteiger partial charge in [-0.1, -0.05) is 97.8 Å². The van der Waals surface area contributed by atoms with Gasteiger partial charge >= 0.3 is 12.2 Å². The van der Waals surface area contributed by atoms with E-state index in [1.807, 2.05) is 90.9 Å². The predicted octanol–water partition coefficient (Wildman–Crippen LogP) is 15.6. The lowest BCUT2D eigenvalue weighted by Gasteiger charge is -2.27.